The van der Waals surface area contributed by atoms with Gasteiger partial charge in [-0.1, -0.05) is 12.1 Å². The molecule has 130 valence electrons. The summed E-state index contributed by atoms with van der Waals surface area (Å²) < 4.78 is 27.8. The molecule has 0 fully saturated rings. The highest BCUT2D eigenvalue weighted by molar-refractivity contribution is 7.90. The lowest BCUT2D eigenvalue weighted by Crippen LogP contribution is -2.48. The maximum atomic E-state index is 12.1. The molecule has 24 heavy (non-hydrogen) atoms. The van der Waals surface area contributed by atoms with Crippen molar-refractivity contribution in [3.63, 3.8) is 0 Å². The molecule has 0 spiro atoms. The molecule has 8 nitrogen and oxygen atoms in total. The summed E-state index contributed by atoms with van der Waals surface area (Å²) in [5, 5.41) is 5.18. The van der Waals surface area contributed by atoms with Crippen molar-refractivity contribution in [1.29, 1.82) is 0 Å². The minimum Gasteiger partial charge on any atom is -0.355 e. The van der Waals surface area contributed by atoms with Crippen molar-refractivity contribution in [2.75, 3.05) is 20.1 Å². The SMILES string of the molecule is CCNC(=O)[C@@H](C)NC(=O)CN(C)C1=NS(=O)(=O)c2ccccc21. The molecule has 1 aromatic carbocycles. The molecule has 1 aromatic rings. The van der Waals surface area contributed by atoms with E-state index in [4.69, 9.17) is 0 Å². The Morgan fingerprint density at radius 3 is 2.62 bits per heavy atom. The molecule has 0 saturated carbocycles. The molecule has 1 atom stereocenters. The molecule has 1 aliphatic rings. The van der Waals surface area contributed by atoms with Gasteiger partial charge in [0.2, 0.25) is 11.8 Å². The molecule has 1 heterocycles. The van der Waals surface area contributed by atoms with Gasteiger partial charge in [0, 0.05) is 19.2 Å². The first-order valence-electron chi connectivity index (χ1n) is 7.49. The van der Waals surface area contributed by atoms with E-state index in [9.17, 15) is 18.0 Å². The highest BCUT2D eigenvalue weighted by atomic mass is 32.2. The van der Waals surface area contributed by atoms with Crippen LogP contribution in [0.4, 0.5) is 0 Å². The third-order valence-corrected chi connectivity index (χ3v) is 4.80. The highest BCUT2D eigenvalue weighted by Gasteiger charge is 2.31. The number of fused-ring (bicyclic) bond motifs is 1. The topological polar surface area (TPSA) is 108 Å². The summed E-state index contributed by atoms with van der Waals surface area (Å²) in [4.78, 5) is 25.3. The molecule has 2 rings (SSSR count). The van der Waals surface area contributed by atoms with Crippen molar-refractivity contribution in [2.45, 2.75) is 24.8 Å². The van der Waals surface area contributed by atoms with E-state index < -0.39 is 22.0 Å². The van der Waals surface area contributed by atoms with Crippen LogP contribution >= 0.6 is 0 Å². The average Bonchev–Trinajstić information content (AvgIpc) is 2.79. The quantitative estimate of drug-likeness (QED) is 0.757. The molecule has 0 unspecified atom stereocenters. The Bertz CT molecular complexity index is 788. The van der Waals surface area contributed by atoms with Crippen LogP contribution in [0.15, 0.2) is 33.6 Å². The second kappa shape index (κ2) is 7.00. The van der Waals surface area contributed by atoms with Crippen LogP contribution in [-0.2, 0) is 19.6 Å². The van der Waals surface area contributed by atoms with Gasteiger partial charge >= 0.3 is 0 Å². The maximum Gasteiger partial charge on any atom is 0.285 e. The number of carbonyl (C=O) groups is 2. The van der Waals surface area contributed by atoms with Gasteiger partial charge in [0.1, 0.15) is 10.9 Å². The molecule has 0 aliphatic carbocycles. The van der Waals surface area contributed by atoms with Crippen LogP contribution in [0.1, 0.15) is 19.4 Å². The number of rotatable bonds is 5. The number of amides is 2. The molecule has 2 amide bonds. The summed E-state index contributed by atoms with van der Waals surface area (Å²) in [6, 6.07) is 5.78. The van der Waals surface area contributed by atoms with E-state index in [0.29, 0.717) is 12.1 Å². The fraction of sp³-hybridized carbons (Fsp3) is 0.400. The van der Waals surface area contributed by atoms with E-state index in [1.807, 2.05) is 0 Å². The Labute approximate surface area is 141 Å². The summed E-state index contributed by atoms with van der Waals surface area (Å²) in [5.74, 6) is -0.466. The van der Waals surface area contributed by atoms with E-state index in [1.54, 1.807) is 39.1 Å². The Balaban J connectivity index is 2.07. The third-order valence-electron chi connectivity index (χ3n) is 3.48. The second-order valence-corrected chi connectivity index (χ2v) is 7.00. The summed E-state index contributed by atoms with van der Waals surface area (Å²) in [5.41, 5.74) is 0.463. The molecule has 0 aromatic heterocycles. The predicted molar refractivity (Wildman–Crippen MR) is 89.1 cm³/mol. The van der Waals surface area contributed by atoms with Crippen LogP contribution in [0, 0.1) is 0 Å². The minimum absolute atomic E-state index is 0.119. The average molecular weight is 352 g/mol. The summed E-state index contributed by atoms with van der Waals surface area (Å²) in [7, 11) is -2.15. The molecule has 0 bridgehead atoms. The lowest BCUT2D eigenvalue weighted by atomic mass is 10.2. The van der Waals surface area contributed by atoms with Crippen LogP contribution in [0.3, 0.4) is 0 Å². The van der Waals surface area contributed by atoms with Crippen molar-refractivity contribution in [3.8, 4) is 0 Å². The van der Waals surface area contributed by atoms with E-state index in [1.165, 1.54) is 11.0 Å². The first kappa shape index (κ1) is 17.9. The Hall–Kier alpha value is -2.42. The van der Waals surface area contributed by atoms with Gasteiger partial charge in [-0.3, -0.25) is 9.59 Å². The smallest absolute Gasteiger partial charge is 0.285 e. The van der Waals surface area contributed by atoms with Crippen molar-refractivity contribution in [2.24, 2.45) is 4.40 Å². The zero-order chi connectivity index (χ0) is 17.9. The van der Waals surface area contributed by atoms with Gasteiger partial charge in [0.15, 0.2) is 5.84 Å². The number of carbonyl (C=O) groups excluding carboxylic acids is 2. The zero-order valence-electron chi connectivity index (χ0n) is 13.7. The molecular formula is C15H20N4O4S. The molecule has 0 saturated heterocycles. The molecule has 1 aliphatic heterocycles. The van der Waals surface area contributed by atoms with Gasteiger partial charge in [0.25, 0.3) is 10.0 Å². The van der Waals surface area contributed by atoms with Gasteiger partial charge in [-0.05, 0) is 26.0 Å². The van der Waals surface area contributed by atoms with Crippen LogP contribution in [0.2, 0.25) is 0 Å². The number of likely N-dealkylation sites (N-methyl/N-ethyl adjacent to an activating group) is 2. The van der Waals surface area contributed by atoms with Crippen molar-refractivity contribution < 1.29 is 18.0 Å². The molecular weight excluding hydrogens is 332 g/mol. The normalized spacial score (nSPS) is 15.9. The van der Waals surface area contributed by atoms with E-state index >= 15 is 0 Å². The monoisotopic (exact) mass is 352 g/mol. The van der Waals surface area contributed by atoms with Crippen molar-refractivity contribution in [1.82, 2.24) is 15.5 Å². The Kier molecular flexibility index (Phi) is 5.23. The number of nitrogens with zero attached hydrogens (tertiary/aromatic N) is 2. The predicted octanol–water partition coefficient (Wildman–Crippen LogP) is -0.292. The lowest BCUT2D eigenvalue weighted by molar-refractivity contribution is -0.128. The van der Waals surface area contributed by atoms with E-state index in [0.717, 1.165) is 0 Å². The standard InChI is InChI=1S/C15H20N4O4S/c1-4-16-15(21)10(2)17-13(20)9-19(3)14-11-7-5-6-8-12(11)24(22,23)18-14/h5-8,10H,4,9H2,1-3H3,(H,16,21)(H,17,20)/t10-/m1/s1. The number of hydrogen-bond donors (Lipinski definition) is 2. The molecule has 2 N–H and O–H groups in total. The maximum absolute atomic E-state index is 12.1. The van der Waals surface area contributed by atoms with Crippen LogP contribution < -0.4 is 10.6 Å². The number of sulfonamides is 1. The van der Waals surface area contributed by atoms with Gasteiger partial charge in [-0.25, -0.2) is 0 Å². The van der Waals surface area contributed by atoms with E-state index in [2.05, 4.69) is 15.0 Å². The first-order valence-corrected chi connectivity index (χ1v) is 8.93. The number of benzene rings is 1. The lowest BCUT2D eigenvalue weighted by Gasteiger charge is -2.20. The molecule has 0 radical (unpaired) electrons. The third kappa shape index (κ3) is 3.73. The zero-order valence-corrected chi connectivity index (χ0v) is 14.6. The van der Waals surface area contributed by atoms with Crippen molar-refractivity contribution in [3.05, 3.63) is 29.8 Å². The Morgan fingerprint density at radius 1 is 1.29 bits per heavy atom. The first-order chi connectivity index (χ1) is 11.3. The summed E-state index contributed by atoms with van der Waals surface area (Å²) >= 11 is 0. The summed E-state index contributed by atoms with van der Waals surface area (Å²) in [6.07, 6.45) is 0. The second-order valence-electron chi connectivity index (χ2n) is 5.43. The number of hydrogen-bond acceptors (Lipinski definition) is 5. The molecule has 9 heteroatoms. The minimum atomic E-state index is -3.73. The fourth-order valence-electron chi connectivity index (χ4n) is 2.33. The summed E-state index contributed by atoms with van der Waals surface area (Å²) in [6.45, 7) is 3.73. The number of amidine groups is 1. The van der Waals surface area contributed by atoms with Crippen molar-refractivity contribution >= 4 is 27.7 Å². The van der Waals surface area contributed by atoms with Crippen LogP contribution in [0.5, 0.6) is 0 Å². The van der Waals surface area contributed by atoms with Gasteiger partial charge in [0.05, 0.1) is 6.54 Å². The van der Waals surface area contributed by atoms with Crippen LogP contribution in [0.25, 0.3) is 0 Å². The van der Waals surface area contributed by atoms with Gasteiger partial charge in [-0.15, -0.1) is 4.40 Å². The van der Waals surface area contributed by atoms with Gasteiger partial charge in [-0.2, -0.15) is 8.42 Å². The highest BCUT2D eigenvalue weighted by Crippen LogP contribution is 2.26. The van der Waals surface area contributed by atoms with Crippen LogP contribution in [-0.4, -0.2) is 57.1 Å². The Morgan fingerprint density at radius 2 is 1.96 bits per heavy atom. The van der Waals surface area contributed by atoms with Gasteiger partial charge < -0.3 is 15.5 Å². The fourth-order valence-corrected chi connectivity index (χ4v) is 3.59. The van der Waals surface area contributed by atoms with E-state index in [-0.39, 0.29) is 23.2 Å². The largest absolute Gasteiger partial charge is 0.355 e. The number of nitrogens with one attached hydrogen (secondary N) is 2.